The van der Waals surface area contributed by atoms with Gasteiger partial charge in [-0.3, -0.25) is 9.59 Å². The lowest BCUT2D eigenvalue weighted by atomic mass is 10.1. The van der Waals surface area contributed by atoms with Gasteiger partial charge in [-0.15, -0.1) is 0 Å². The first kappa shape index (κ1) is 21.7. The highest BCUT2D eigenvalue weighted by Crippen LogP contribution is 2.28. The van der Waals surface area contributed by atoms with Crippen LogP contribution in [0.4, 0.5) is 0 Å². The standard InChI is InChI=1S/C21H33N5O2/c1-3-5-12-23-19(27)17-8-6-16(7-9-17)15-26-21(22-4-2)25-14-13-24-20(28)18-10-11-18/h6-9,18H,3-5,10-15H2,1-2H3,(H,23,27)(H,24,28)(H2,22,25,26). The predicted molar refractivity (Wildman–Crippen MR) is 112 cm³/mol. The molecule has 1 aliphatic rings. The van der Waals surface area contributed by atoms with Crippen molar-refractivity contribution in [3.05, 3.63) is 35.4 Å². The van der Waals surface area contributed by atoms with E-state index in [1.54, 1.807) is 0 Å². The molecule has 0 atom stereocenters. The van der Waals surface area contributed by atoms with Gasteiger partial charge in [0, 0.05) is 37.7 Å². The molecule has 1 aliphatic carbocycles. The van der Waals surface area contributed by atoms with Gasteiger partial charge in [0.1, 0.15) is 0 Å². The lowest BCUT2D eigenvalue weighted by molar-refractivity contribution is -0.122. The highest BCUT2D eigenvalue weighted by Gasteiger charge is 2.28. The molecule has 0 unspecified atom stereocenters. The average Bonchev–Trinajstić information content (AvgIpc) is 3.55. The van der Waals surface area contributed by atoms with Gasteiger partial charge in [0.25, 0.3) is 5.91 Å². The first-order chi connectivity index (χ1) is 13.6. The zero-order valence-electron chi connectivity index (χ0n) is 17.0. The molecule has 0 aromatic heterocycles. The number of carbonyl (C=O) groups excluding carboxylic acids is 2. The number of benzene rings is 1. The zero-order valence-corrected chi connectivity index (χ0v) is 17.0. The van der Waals surface area contributed by atoms with E-state index < -0.39 is 0 Å². The van der Waals surface area contributed by atoms with E-state index in [1.165, 1.54) is 0 Å². The Labute approximate surface area is 167 Å². The number of hydrogen-bond acceptors (Lipinski definition) is 3. The fourth-order valence-electron chi connectivity index (χ4n) is 2.61. The summed E-state index contributed by atoms with van der Waals surface area (Å²) >= 11 is 0. The minimum Gasteiger partial charge on any atom is -0.357 e. The number of nitrogens with one attached hydrogen (secondary N) is 4. The molecule has 154 valence electrons. The SMILES string of the molecule is CCCCNC(=O)c1ccc(CN=C(NCC)NCCNC(=O)C2CC2)cc1. The molecule has 0 saturated heterocycles. The fraction of sp³-hybridized carbons (Fsp3) is 0.571. The minimum absolute atomic E-state index is 0.0354. The molecular weight excluding hydrogens is 354 g/mol. The summed E-state index contributed by atoms with van der Waals surface area (Å²) in [4.78, 5) is 28.2. The van der Waals surface area contributed by atoms with Crippen molar-refractivity contribution in [2.24, 2.45) is 10.9 Å². The van der Waals surface area contributed by atoms with Crippen molar-refractivity contribution in [2.75, 3.05) is 26.2 Å². The molecule has 1 aromatic rings. The maximum Gasteiger partial charge on any atom is 0.251 e. The van der Waals surface area contributed by atoms with Crippen molar-refractivity contribution in [3.8, 4) is 0 Å². The number of rotatable bonds is 11. The van der Waals surface area contributed by atoms with E-state index in [0.29, 0.717) is 37.7 Å². The van der Waals surface area contributed by atoms with Crippen LogP contribution in [0.3, 0.4) is 0 Å². The summed E-state index contributed by atoms with van der Waals surface area (Å²) in [5, 5.41) is 12.3. The van der Waals surface area contributed by atoms with Gasteiger partial charge in [0.2, 0.25) is 5.91 Å². The molecule has 2 rings (SSSR count). The molecule has 7 nitrogen and oxygen atoms in total. The smallest absolute Gasteiger partial charge is 0.251 e. The second-order valence-electron chi connectivity index (χ2n) is 6.99. The molecule has 2 amide bonds. The van der Waals surface area contributed by atoms with E-state index in [9.17, 15) is 9.59 Å². The Balaban J connectivity index is 1.77. The van der Waals surface area contributed by atoms with E-state index in [4.69, 9.17) is 0 Å². The topological polar surface area (TPSA) is 94.6 Å². The Morgan fingerprint density at radius 1 is 0.964 bits per heavy atom. The Kier molecular flexibility index (Phi) is 9.31. The largest absolute Gasteiger partial charge is 0.357 e. The van der Waals surface area contributed by atoms with E-state index in [1.807, 2.05) is 31.2 Å². The second-order valence-corrected chi connectivity index (χ2v) is 6.99. The highest BCUT2D eigenvalue weighted by molar-refractivity contribution is 5.94. The second kappa shape index (κ2) is 12.0. The van der Waals surface area contributed by atoms with Crippen LogP contribution in [0, 0.1) is 5.92 Å². The van der Waals surface area contributed by atoms with Crippen LogP contribution in [0.5, 0.6) is 0 Å². The summed E-state index contributed by atoms with van der Waals surface area (Å²) < 4.78 is 0. The van der Waals surface area contributed by atoms with E-state index in [-0.39, 0.29) is 17.7 Å². The number of nitrogens with zero attached hydrogens (tertiary/aromatic N) is 1. The third kappa shape index (κ3) is 7.98. The van der Waals surface area contributed by atoms with Crippen LogP contribution < -0.4 is 21.3 Å². The number of hydrogen-bond donors (Lipinski definition) is 4. The lowest BCUT2D eigenvalue weighted by Crippen LogP contribution is -2.41. The van der Waals surface area contributed by atoms with E-state index >= 15 is 0 Å². The first-order valence-electron chi connectivity index (χ1n) is 10.3. The van der Waals surface area contributed by atoms with Crippen LogP contribution in [-0.2, 0) is 11.3 Å². The predicted octanol–water partition coefficient (Wildman–Crippen LogP) is 1.80. The van der Waals surface area contributed by atoms with Crippen LogP contribution in [-0.4, -0.2) is 44.0 Å². The summed E-state index contributed by atoms with van der Waals surface area (Å²) in [6.07, 6.45) is 4.08. The lowest BCUT2D eigenvalue weighted by Gasteiger charge is -2.12. The van der Waals surface area contributed by atoms with Gasteiger partial charge in [0.15, 0.2) is 5.96 Å². The monoisotopic (exact) mass is 387 g/mol. The molecule has 0 heterocycles. The molecule has 1 fully saturated rings. The Bertz CT molecular complexity index is 653. The number of unbranched alkanes of at least 4 members (excludes halogenated alkanes) is 1. The Morgan fingerprint density at radius 2 is 1.68 bits per heavy atom. The van der Waals surface area contributed by atoms with Crippen molar-refractivity contribution in [1.82, 2.24) is 21.3 Å². The molecule has 4 N–H and O–H groups in total. The molecule has 28 heavy (non-hydrogen) atoms. The summed E-state index contributed by atoms with van der Waals surface area (Å²) in [6.45, 7) is 7.31. The summed E-state index contributed by atoms with van der Waals surface area (Å²) in [5.74, 6) is 1.07. The number of carbonyl (C=O) groups is 2. The van der Waals surface area contributed by atoms with Crippen LogP contribution in [0.2, 0.25) is 0 Å². The van der Waals surface area contributed by atoms with E-state index in [0.717, 1.165) is 37.8 Å². The van der Waals surface area contributed by atoms with Crippen molar-refractivity contribution < 1.29 is 9.59 Å². The third-order valence-electron chi connectivity index (χ3n) is 4.46. The van der Waals surface area contributed by atoms with Gasteiger partial charge in [-0.2, -0.15) is 0 Å². The zero-order chi connectivity index (χ0) is 20.2. The molecule has 1 aromatic carbocycles. The minimum atomic E-state index is -0.0354. The summed E-state index contributed by atoms with van der Waals surface area (Å²) in [5.41, 5.74) is 1.70. The molecule has 7 heteroatoms. The molecule has 0 radical (unpaired) electrons. The van der Waals surface area contributed by atoms with Gasteiger partial charge in [-0.05, 0) is 43.9 Å². The van der Waals surface area contributed by atoms with Crippen molar-refractivity contribution >= 4 is 17.8 Å². The quantitative estimate of drug-likeness (QED) is 0.265. The maximum atomic E-state index is 12.0. The summed E-state index contributed by atoms with van der Waals surface area (Å²) in [6, 6.07) is 7.52. The first-order valence-corrected chi connectivity index (χ1v) is 10.3. The van der Waals surface area contributed by atoms with Crippen LogP contribution in [0.15, 0.2) is 29.3 Å². The van der Waals surface area contributed by atoms with Gasteiger partial charge < -0.3 is 21.3 Å². The molecule has 1 saturated carbocycles. The van der Waals surface area contributed by atoms with Crippen LogP contribution >= 0.6 is 0 Å². The average molecular weight is 388 g/mol. The van der Waals surface area contributed by atoms with Gasteiger partial charge in [0.05, 0.1) is 6.54 Å². The van der Waals surface area contributed by atoms with Gasteiger partial charge >= 0.3 is 0 Å². The van der Waals surface area contributed by atoms with Crippen LogP contribution in [0.1, 0.15) is 55.5 Å². The number of aliphatic imine (C=N–C) groups is 1. The third-order valence-corrected chi connectivity index (χ3v) is 4.46. The normalized spacial score (nSPS) is 13.7. The number of amides is 2. The van der Waals surface area contributed by atoms with Crippen LogP contribution in [0.25, 0.3) is 0 Å². The fourth-order valence-corrected chi connectivity index (χ4v) is 2.61. The van der Waals surface area contributed by atoms with Crippen molar-refractivity contribution in [1.29, 1.82) is 0 Å². The molecular formula is C21H33N5O2. The van der Waals surface area contributed by atoms with Gasteiger partial charge in [-0.25, -0.2) is 4.99 Å². The Morgan fingerprint density at radius 3 is 2.32 bits per heavy atom. The maximum absolute atomic E-state index is 12.0. The molecule has 0 spiro atoms. The summed E-state index contributed by atoms with van der Waals surface area (Å²) in [7, 11) is 0. The highest BCUT2D eigenvalue weighted by atomic mass is 16.2. The van der Waals surface area contributed by atoms with E-state index in [2.05, 4.69) is 33.2 Å². The molecule has 0 aliphatic heterocycles. The Hall–Kier alpha value is -2.57. The van der Waals surface area contributed by atoms with Crippen molar-refractivity contribution in [3.63, 3.8) is 0 Å². The number of guanidine groups is 1. The van der Waals surface area contributed by atoms with Gasteiger partial charge in [-0.1, -0.05) is 25.5 Å². The van der Waals surface area contributed by atoms with Crippen molar-refractivity contribution in [2.45, 2.75) is 46.1 Å². The molecule has 0 bridgehead atoms.